The van der Waals surface area contributed by atoms with Crippen molar-refractivity contribution in [1.29, 1.82) is 0 Å². The number of hydrogen-bond acceptors (Lipinski definition) is 3. The van der Waals surface area contributed by atoms with Crippen LogP contribution in [0.2, 0.25) is 0 Å². The normalized spacial score (nSPS) is 20.4. The van der Waals surface area contributed by atoms with E-state index in [1.807, 2.05) is 6.07 Å². The smallest absolute Gasteiger partial charge is 0.237 e. The number of aromatic nitrogens is 2. The van der Waals surface area contributed by atoms with Crippen molar-refractivity contribution in [1.82, 2.24) is 20.4 Å². The van der Waals surface area contributed by atoms with Gasteiger partial charge in [0.15, 0.2) is 0 Å². The Morgan fingerprint density at radius 3 is 2.96 bits per heavy atom. The van der Waals surface area contributed by atoms with Crippen LogP contribution in [0, 0.1) is 0 Å². The highest BCUT2D eigenvalue weighted by Crippen LogP contribution is 2.23. The molecule has 2 aromatic rings. The fraction of sp³-hybridized carbons (Fsp3) is 0.500. The van der Waals surface area contributed by atoms with Crippen LogP contribution in [0.1, 0.15) is 48.2 Å². The first-order valence-electron chi connectivity index (χ1n) is 9.42. The van der Waals surface area contributed by atoms with Gasteiger partial charge in [-0.1, -0.05) is 36.8 Å². The maximum atomic E-state index is 12.8. The van der Waals surface area contributed by atoms with Crippen LogP contribution in [0.25, 0.3) is 0 Å². The summed E-state index contributed by atoms with van der Waals surface area (Å²) in [6, 6.07) is 10.4. The molecule has 1 aliphatic heterocycles. The van der Waals surface area contributed by atoms with Gasteiger partial charge in [-0.3, -0.25) is 14.8 Å². The fourth-order valence-corrected chi connectivity index (χ4v) is 4.12. The van der Waals surface area contributed by atoms with E-state index in [1.165, 1.54) is 29.7 Å². The molecule has 25 heavy (non-hydrogen) atoms. The van der Waals surface area contributed by atoms with E-state index in [-0.39, 0.29) is 11.9 Å². The molecule has 1 atom stereocenters. The molecule has 2 aliphatic rings. The monoisotopic (exact) mass is 338 g/mol. The van der Waals surface area contributed by atoms with E-state index in [0.29, 0.717) is 6.54 Å². The van der Waals surface area contributed by atoms with Crippen molar-refractivity contribution in [3.05, 3.63) is 52.8 Å². The molecule has 0 unspecified atom stereocenters. The van der Waals surface area contributed by atoms with E-state index in [9.17, 15) is 4.79 Å². The number of amides is 1. The number of piperidine rings is 1. The predicted octanol–water partition coefficient (Wildman–Crippen LogP) is 2.57. The second-order valence-corrected chi connectivity index (χ2v) is 7.17. The van der Waals surface area contributed by atoms with Gasteiger partial charge in [0.05, 0.1) is 18.3 Å². The molecule has 2 N–H and O–H groups in total. The fourth-order valence-electron chi connectivity index (χ4n) is 4.12. The molecule has 1 fully saturated rings. The molecule has 1 aromatic heterocycles. The Kier molecular flexibility index (Phi) is 4.83. The van der Waals surface area contributed by atoms with Crippen LogP contribution in [0.4, 0.5) is 0 Å². The number of carbonyl (C=O) groups excluding carboxylic acids is 1. The number of aryl methyl sites for hydroxylation is 1. The number of H-pyrrole nitrogens is 1. The minimum absolute atomic E-state index is 0.0269. The summed E-state index contributed by atoms with van der Waals surface area (Å²) in [5.74, 6) is 0.144. The Hall–Kier alpha value is -2.14. The summed E-state index contributed by atoms with van der Waals surface area (Å²) in [7, 11) is 0. The Balaban J connectivity index is 1.38. The van der Waals surface area contributed by atoms with Crippen molar-refractivity contribution >= 4 is 5.91 Å². The molecule has 1 aromatic carbocycles. The van der Waals surface area contributed by atoms with Gasteiger partial charge in [-0.05, 0) is 49.8 Å². The van der Waals surface area contributed by atoms with Crippen LogP contribution < -0.4 is 5.32 Å². The molecule has 1 aliphatic carbocycles. The number of hydrogen-bond donors (Lipinski definition) is 2. The van der Waals surface area contributed by atoms with Gasteiger partial charge in [0.2, 0.25) is 5.91 Å². The van der Waals surface area contributed by atoms with Gasteiger partial charge in [-0.2, -0.15) is 5.10 Å². The van der Waals surface area contributed by atoms with Gasteiger partial charge in [0.25, 0.3) is 0 Å². The third-order valence-electron chi connectivity index (χ3n) is 5.47. The molecular formula is C20H26N4O. The molecule has 4 rings (SSSR count). The topological polar surface area (TPSA) is 61.0 Å². The highest BCUT2D eigenvalue weighted by atomic mass is 16.2. The molecule has 5 nitrogen and oxygen atoms in total. The lowest BCUT2D eigenvalue weighted by atomic mass is 10.00. The largest absolute Gasteiger partial charge is 0.349 e. The van der Waals surface area contributed by atoms with E-state index in [2.05, 4.69) is 44.7 Å². The zero-order chi connectivity index (χ0) is 17.1. The molecule has 1 amide bonds. The lowest BCUT2D eigenvalue weighted by Gasteiger charge is -2.34. The zero-order valence-electron chi connectivity index (χ0n) is 14.6. The molecule has 2 heterocycles. The maximum Gasteiger partial charge on any atom is 0.237 e. The molecular weight excluding hydrogens is 312 g/mol. The zero-order valence-corrected chi connectivity index (χ0v) is 14.6. The minimum atomic E-state index is -0.0269. The first kappa shape index (κ1) is 16.3. The van der Waals surface area contributed by atoms with Gasteiger partial charge in [-0.25, -0.2) is 0 Å². The van der Waals surface area contributed by atoms with Crippen molar-refractivity contribution in [2.24, 2.45) is 0 Å². The minimum Gasteiger partial charge on any atom is -0.349 e. The number of carbonyl (C=O) groups is 1. The average Bonchev–Trinajstić information content (AvgIpc) is 3.25. The lowest BCUT2D eigenvalue weighted by Crippen LogP contribution is -2.48. The Bertz CT molecular complexity index is 725. The summed E-state index contributed by atoms with van der Waals surface area (Å²) >= 11 is 0. The summed E-state index contributed by atoms with van der Waals surface area (Å²) in [6.45, 7) is 2.38. The van der Waals surface area contributed by atoms with Crippen molar-refractivity contribution in [3.63, 3.8) is 0 Å². The molecule has 5 heteroatoms. The van der Waals surface area contributed by atoms with Gasteiger partial charge in [0.1, 0.15) is 0 Å². The Labute approximate surface area is 148 Å². The molecule has 0 spiro atoms. The number of likely N-dealkylation sites (tertiary alicyclic amines) is 1. The summed E-state index contributed by atoms with van der Waals surface area (Å²) in [5, 5.41) is 10.6. The van der Waals surface area contributed by atoms with Crippen LogP contribution >= 0.6 is 0 Å². The molecule has 0 bridgehead atoms. The van der Waals surface area contributed by atoms with Crippen LogP contribution in [-0.4, -0.2) is 33.6 Å². The van der Waals surface area contributed by atoms with Gasteiger partial charge in [-0.15, -0.1) is 0 Å². The molecule has 1 saturated heterocycles. The second kappa shape index (κ2) is 7.40. The number of nitrogens with zero attached hydrogens (tertiary/aromatic N) is 2. The highest BCUT2D eigenvalue weighted by molar-refractivity contribution is 5.81. The highest BCUT2D eigenvalue weighted by Gasteiger charge is 2.29. The number of fused-ring (bicyclic) bond motifs is 1. The Morgan fingerprint density at radius 1 is 1.20 bits per heavy atom. The third kappa shape index (κ3) is 3.61. The number of nitrogens with one attached hydrogen (secondary N) is 2. The summed E-state index contributed by atoms with van der Waals surface area (Å²) in [4.78, 5) is 15.1. The SMILES string of the molecule is O=C(NCc1n[nH]c2c1CCC2)[C@H]1CCCCN1Cc1ccccc1. The van der Waals surface area contributed by atoms with Crippen molar-refractivity contribution in [2.75, 3.05) is 6.54 Å². The van der Waals surface area contributed by atoms with E-state index in [0.717, 1.165) is 44.5 Å². The number of aromatic amines is 1. The number of rotatable bonds is 5. The third-order valence-corrected chi connectivity index (χ3v) is 5.47. The van der Waals surface area contributed by atoms with Crippen molar-refractivity contribution in [2.45, 2.75) is 57.7 Å². The van der Waals surface area contributed by atoms with Gasteiger partial charge < -0.3 is 5.32 Å². The average molecular weight is 338 g/mol. The quantitative estimate of drug-likeness (QED) is 0.881. The lowest BCUT2D eigenvalue weighted by molar-refractivity contribution is -0.128. The number of benzene rings is 1. The van der Waals surface area contributed by atoms with Crippen molar-refractivity contribution in [3.8, 4) is 0 Å². The summed E-state index contributed by atoms with van der Waals surface area (Å²) < 4.78 is 0. The van der Waals surface area contributed by atoms with Gasteiger partial charge in [0, 0.05) is 12.2 Å². The second-order valence-electron chi connectivity index (χ2n) is 7.17. The van der Waals surface area contributed by atoms with Crippen LogP contribution in [0.5, 0.6) is 0 Å². The first-order valence-corrected chi connectivity index (χ1v) is 9.42. The van der Waals surface area contributed by atoms with Crippen LogP contribution in [-0.2, 0) is 30.7 Å². The molecule has 0 radical (unpaired) electrons. The summed E-state index contributed by atoms with van der Waals surface area (Å²) in [5.41, 5.74) is 4.87. The van der Waals surface area contributed by atoms with Gasteiger partial charge >= 0.3 is 0 Å². The van der Waals surface area contributed by atoms with E-state index < -0.39 is 0 Å². The van der Waals surface area contributed by atoms with Crippen molar-refractivity contribution < 1.29 is 4.79 Å². The van der Waals surface area contributed by atoms with E-state index in [1.54, 1.807) is 0 Å². The predicted molar refractivity (Wildman–Crippen MR) is 97.0 cm³/mol. The Morgan fingerprint density at radius 2 is 2.08 bits per heavy atom. The standard InChI is InChI=1S/C20H26N4O/c25-20(21-13-18-16-9-6-10-17(16)22-23-18)19-11-4-5-12-24(19)14-15-7-2-1-3-8-15/h1-3,7-8,19H,4-6,9-14H2,(H,21,25)(H,22,23)/t19-/m1/s1. The molecule has 0 saturated carbocycles. The molecule has 132 valence electrons. The maximum absolute atomic E-state index is 12.8. The summed E-state index contributed by atoms with van der Waals surface area (Å²) in [6.07, 6.45) is 6.60. The van der Waals surface area contributed by atoms with Crippen LogP contribution in [0.15, 0.2) is 30.3 Å². The first-order chi connectivity index (χ1) is 12.3. The van der Waals surface area contributed by atoms with E-state index in [4.69, 9.17) is 0 Å². The van der Waals surface area contributed by atoms with E-state index >= 15 is 0 Å². The van der Waals surface area contributed by atoms with Crippen LogP contribution in [0.3, 0.4) is 0 Å².